The molecule has 366 valence electrons. The third-order valence-electron chi connectivity index (χ3n) is 12.9. The quantitative estimate of drug-likeness (QED) is 0.139. The summed E-state index contributed by atoms with van der Waals surface area (Å²) in [5.41, 5.74) is 6.49. The molecular weight excluding hydrogens is 919 g/mol. The van der Waals surface area contributed by atoms with E-state index in [0.29, 0.717) is 23.6 Å². The van der Waals surface area contributed by atoms with Crippen LogP contribution >= 0.6 is 35.6 Å². The molecule has 2 amide bonds. The number of aromatic nitrogens is 2. The van der Waals surface area contributed by atoms with E-state index in [1.165, 1.54) is 30.5 Å². The number of carbonyl (C=O) groups excluding carboxylic acids is 3. The molecule has 4 heterocycles. The van der Waals surface area contributed by atoms with Crippen LogP contribution in [0.3, 0.4) is 0 Å². The normalized spacial score (nSPS) is 18.7. The standard InChI is InChI=1S/C28H35ClN2O3.C27H33ClN2O3.ClH/c1-18(2)22-17-31(24-11-9-20(16-30-24)26(33)34-7)25(32)15-28(22,6)21-10-8-19(23(29)14-21)12-13-27(3,4)5;1-17(2)21-16-30(23-10-8-19(15-29-23)25(32)33)24(31)14-27(21,6)20-9-7-18(22(28)13-20)11-12-26(3,4)5;/h8-11,14,16-18H,12-13,15H2,1-7H3;7-10,13,15-17H,11-12,14H2,1-6H3,(H,32,33);1H/t28-;27-;/m00./s1. The number of benzene rings is 2. The summed E-state index contributed by atoms with van der Waals surface area (Å²) >= 11 is 13.4. The molecule has 0 aliphatic carbocycles. The highest BCUT2D eigenvalue weighted by atomic mass is 35.5. The third-order valence-corrected chi connectivity index (χ3v) is 13.6. The molecule has 13 heteroatoms. The number of anilines is 2. The highest BCUT2D eigenvalue weighted by Gasteiger charge is 2.42. The minimum absolute atomic E-state index is 0. The minimum Gasteiger partial charge on any atom is -0.478 e. The molecule has 2 aromatic heterocycles. The van der Waals surface area contributed by atoms with E-state index >= 15 is 0 Å². The van der Waals surface area contributed by atoms with Crippen molar-refractivity contribution in [3.63, 3.8) is 0 Å². The number of aromatic carboxylic acids is 1. The molecule has 0 saturated heterocycles. The van der Waals surface area contributed by atoms with Crippen LogP contribution in [0.5, 0.6) is 0 Å². The number of carbonyl (C=O) groups is 4. The van der Waals surface area contributed by atoms with Gasteiger partial charge in [0, 0.05) is 58.5 Å². The van der Waals surface area contributed by atoms with E-state index in [9.17, 15) is 19.2 Å². The molecule has 1 N–H and O–H groups in total. The van der Waals surface area contributed by atoms with Crippen molar-refractivity contribution in [2.75, 3.05) is 16.9 Å². The predicted octanol–water partition coefficient (Wildman–Crippen LogP) is 13.8. The number of allylic oxidation sites excluding steroid dienone is 2. The number of hydrogen-bond donors (Lipinski definition) is 1. The number of halogens is 3. The first-order valence-corrected chi connectivity index (χ1v) is 23.8. The van der Waals surface area contributed by atoms with Crippen LogP contribution in [-0.4, -0.2) is 45.9 Å². The number of rotatable bonds is 12. The van der Waals surface area contributed by atoms with Crippen LogP contribution in [0.25, 0.3) is 0 Å². The Kier molecular flexibility index (Phi) is 18.1. The topological polar surface area (TPSA) is 130 Å². The summed E-state index contributed by atoms with van der Waals surface area (Å²) in [5, 5.41) is 10.6. The number of amides is 2. The number of hydrogen-bond acceptors (Lipinski definition) is 7. The Morgan fingerprint density at radius 3 is 1.35 bits per heavy atom. The number of ether oxygens (including phenoxy) is 1. The van der Waals surface area contributed by atoms with Crippen LogP contribution in [0, 0.1) is 22.7 Å². The van der Waals surface area contributed by atoms with Gasteiger partial charge in [-0.1, -0.05) is 131 Å². The number of nitrogens with zero attached hydrogens (tertiary/aromatic N) is 4. The molecule has 0 fully saturated rings. The Hall–Kier alpha value is -5.03. The van der Waals surface area contributed by atoms with Gasteiger partial charge in [0.05, 0.1) is 18.2 Å². The highest BCUT2D eigenvalue weighted by molar-refractivity contribution is 6.31. The van der Waals surface area contributed by atoms with Crippen LogP contribution < -0.4 is 9.80 Å². The van der Waals surface area contributed by atoms with E-state index in [-0.39, 0.29) is 58.9 Å². The van der Waals surface area contributed by atoms with E-state index in [1.807, 2.05) is 24.5 Å². The Morgan fingerprint density at radius 1 is 0.676 bits per heavy atom. The zero-order valence-electron chi connectivity index (χ0n) is 41.9. The van der Waals surface area contributed by atoms with Crippen molar-refractivity contribution in [1.82, 2.24) is 9.97 Å². The Balaban J connectivity index is 0.000000292. The van der Waals surface area contributed by atoms with Crippen molar-refractivity contribution >= 4 is 71.0 Å². The fourth-order valence-corrected chi connectivity index (χ4v) is 9.36. The lowest BCUT2D eigenvalue weighted by Gasteiger charge is -2.41. The van der Waals surface area contributed by atoms with Crippen LogP contribution in [0.4, 0.5) is 11.6 Å². The molecule has 0 unspecified atom stereocenters. The highest BCUT2D eigenvalue weighted by Crippen LogP contribution is 2.46. The maximum atomic E-state index is 13.3. The van der Waals surface area contributed by atoms with Crippen molar-refractivity contribution < 1.29 is 29.0 Å². The van der Waals surface area contributed by atoms with Crippen molar-refractivity contribution in [3.05, 3.63) is 140 Å². The van der Waals surface area contributed by atoms with Crippen LogP contribution in [0.15, 0.2) is 96.6 Å². The molecule has 2 aliphatic heterocycles. The molecular formula is C55H69Cl3N4O6. The molecule has 0 spiro atoms. The maximum absolute atomic E-state index is 13.3. The summed E-state index contributed by atoms with van der Waals surface area (Å²) in [6.45, 7) is 26.0. The zero-order chi connectivity index (χ0) is 49.8. The SMILES string of the molecule is CC(C)C1=CN(c2ccc(C(=O)O)cn2)C(=O)C[C@@]1(C)c1ccc(CCC(C)(C)C)c(Cl)c1.COC(=O)c1ccc(N2C=C(C(C)C)[C@](C)(c3ccc(CCC(C)(C)C)c(Cl)c3)CC2=O)nc1.Cl. The van der Waals surface area contributed by atoms with Crippen molar-refractivity contribution in [2.45, 2.75) is 132 Å². The van der Waals surface area contributed by atoms with Gasteiger partial charge in [0.15, 0.2) is 0 Å². The van der Waals surface area contributed by atoms with Crippen LogP contribution in [0.1, 0.15) is 152 Å². The minimum atomic E-state index is -1.05. The summed E-state index contributed by atoms with van der Waals surface area (Å²) in [6, 6.07) is 18.8. The number of esters is 1. The van der Waals surface area contributed by atoms with Gasteiger partial charge in [-0.2, -0.15) is 0 Å². The summed E-state index contributed by atoms with van der Waals surface area (Å²) < 4.78 is 4.74. The Bertz CT molecular complexity index is 2540. The first kappa shape index (κ1) is 55.6. The number of carboxylic acid groups (broad SMARTS) is 1. The summed E-state index contributed by atoms with van der Waals surface area (Å²) in [6.07, 6.45) is 11.0. The molecule has 2 atom stereocenters. The Morgan fingerprint density at radius 2 is 1.06 bits per heavy atom. The van der Waals surface area contributed by atoms with Gasteiger partial charge in [0.1, 0.15) is 11.6 Å². The molecule has 0 radical (unpaired) electrons. The second-order valence-electron chi connectivity index (χ2n) is 21.4. The number of carboxylic acids is 1. The van der Waals surface area contributed by atoms with Gasteiger partial charge in [-0.25, -0.2) is 19.6 Å². The van der Waals surface area contributed by atoms with Gasteiger partial charge in [-0.3, -0.25) is 19.4 Å². The second-order valence-corrected chi connectivity index (χ2v) is 22.2. The fraction of sp³-hybridized carbons (Fsp3) is 0.455. The van der Waals surface area contributed by atoms with Gasteiger partial charge in [0.25, 0.3) is 0 Å². The van der Waals surface area contributed by atoms with Crippen LogP contribution in [-0.2, 0) is 38.0 Å². The summed E-state index contributed by atoms with van der Waals surface area (Å²) in [4.78, 5) is 61.1. The number of aryl methyl sites for hydroxylation is 2. The van der Waals surface area contributed by atoms with Gasteiger partial charge < -0.3 is 9.84 Å². The lowest BCUT2D eigenvalue weighted by Crippen LogP contribution is -2.42. The van der Waals surface area contributed by atoms with E-state index in [0.717, 1.165) is 69.1 Å². The fourth-order valence-electron chi connectivity index (χ4n) is 8.81. The first-order valence-electron chi connectivity index (χ1n) is 23.1. The average molecular weight is 989 g/mol. The Labute approximate surface area is 420 Å². The maximum Gasteiger partial charge on any atom is 0.339 e. The average Bonchev–Trinajstić information content (AvgIpc) is 3.24. The molecule has 4 aromatic rings. The molecule has 68 heavy (non-hydrogen) atoms. The lowest BCUT2D eigenvalue weighted by atomic mass is 9.68. The summed E-state index contributed by atoms with van der Waals surface area (Å²) in [5.74, 6) is -0.374. The predicted molar refractivity (Wildman–Crippen MR) is 277 cm³/mol. The first-order chi connectivity index (χ1) is 31.2. The van der Waals surface area contributed by atoms with Gasteiger partial charge in [-0.05, 0) is 118 Å². The molecule has 0 saturated carbocycles. The molecule has 6 rings (SSSR count). The monoisotopic (exact) mass is 986 g/mol. The van der Waals surface area contributed by atoms with Crippen molar-refractivity contribution in [1.29, 1.82) is 0 Å². The molecule has 10 nitrogen and oxygen atoms in total. The molecule has 0 bridgehead atoms. The third kappa shape index (κ3) is 13.2. The lowest BCUT2D eigenvalue weighted by molar-refractivity contribution is -0.120. The summed E-state index contributed by atoms with van der Waals surface area (Å²) in [7, 11) is 1.33. The van der Waals surface area contributed by atoms with E-state index < -0.39 is 22.8 Å². The van der Waals surface area contributed by atoms with Crippen LogP contribution in [0.2, 0.25) is 10.0 Å². The zero-order valence-corrected chi connectivity index (χ0v) is 44.3. The molecule has 2 aliphatic rings. The second kappa shape index (κ2) is 22.2. The molecule has 2 aromatic carbocycles. The van der Waals surface area contributed by atoms with Crippen molar-refractivity contribution in [2.24, 2.45) is 22.7 Å². The van der Waals surface area contributed by atoms with E-state index in [1.54, 1.807) is 23.1 Å². The number of methoxy groups -OCH3 is 1. The smallest absolute Gasteiger partial charge is 0.339 e. The van der Waals surface area contributed by atoms with Gasteiger partial charge >= 0.3 is 11.9 Å². The van der Waals surface area contributed by atoms with E-state index in [2.05, 4.69) is 117 Å². The van der Waals surface area contributed by atoms with Gasteiger partial charge in [-0.15, -0.1) is 12.4 Å². The van der Waals surface area contributed by atoms with Crippen molar-refractivity contribution in [3.8, 4) is 0 Å². The van der Waals surface area contributed by atoms with E-state index in [4.69, 9.17) is 33.0 Å². The largest absolute Gasteiger partial charge is 0.478 e. The van der Waals surface area contributed by atoms with Gasteiger partial charge in [0.2, 0.25) is 11.8 Å². The number of pyridine rings is 2.